The summed E-state index contributed by atoms with van der Waals surface area (Å²) in [5.41, 5.74) is 2.42. The zero-order chi connectivity index (χ0) is 16.4. The molecule has 0 saturated carbocycles. The van der Waals surface area contributed by atoms with Gasteiger partial charge >= 0.3 is 5.97 Å². The zero-order valence-electron chi connectivity index (χ0n) is 13.4. The maximum atomic E-state index is 11.4. The van der Waals surface area contributed by atoms with E-state index in [-0.39, 0.29) is 11.6 Å². The van der Waals surface area contributed by atoms with Gasteiger partial charge in [-0.25, -0.2) is 9.78 Å². The number of carbonyl (C=O) groups is 1. The van der Waals surface area contributed by atoms with Crippen LogP contribution in [-0.2, 0) is 0 Å². The first-order valence-corrected chi connectivity index (χ1v) is 7.98. The summed E-state index contributed by atoms with van der Waals surface area (Å²) in [6.45, 7) is 5.45. The molecular weight excluding hydrogens is 290 g/mol. The molecule has 0 amide bonds. The van der Waals surface area contributed by atoms with Crippen LogP contribution in [-0.4, -0.2) is 38.5 Å². The summed E-state index contributed by atoms with van der Waals surface area (Å²) in [6, 6.07) is 7.65. The molecule has 3 rings (SSSR count). The lowest BCUT2D eigenvalue weighted by Crippen LogP contribution is -2.30. The Morgan fingerprint density at radius 3 is 2.83 bits per heavy atom. The Kier molecular flexibility index (Phi) is 4.39. The second-order valence-corrected chi connectivity index (χ2v) is 6.17. The van der Waals surface area contributed by atoms with Gasteiger partial charge in [0, 0.05) is 11.6 Å². The van der Waals surface area contributed by atoms with Crippen molar-refractivity contribution < 1.29 is 9.90 Å². The van der Waals surface area contributed by atoms with Crippen molar-refractivity contribution in [3.8, 4) is 11.3 Å². The van der Waals surface area contributed by atoms with Crippen LogP contribution in [0.4, 0.5) is 0 Å². The summed E-state index contributed by atoms with van der Waals surface area (Å²) in [5, 5.41) is 9.37. The highest BCUT2D eigenvalue weighted by Crippen LogP contribution is 2.33. The molecule has 0 bridgehead atoms. The molecule has 1 atom stereocenters. The number of aromatic carboxylic acids is 1. The number of benzene rings is 1. The molecule has 23 heavy (non-hydrogen) atoms. The molecule has 1 N–H and O–H groups in total. The van der Waals surface area contributed by atoms with Crippen LogP contribution >= 0.6 is 0 Å². The minimum atomic E-state index is -0.947. The van der Waals surface area contributed by atoms with Crippen molar-refractivity contribution in [2.45, 2.75) is 38.8 Å². The van der Waals surface area contributed by atoms with Gasteiger partial charge in [0.05, 0.1) is 35.4 Å². The average molecular weight is 311 g/mol. The van der Waals surface area contributed by atoms with E-state index < -0.39 is 5.97 Å². The minimum Gasteiger partial charge on any atom is -0.478 e. The van der Waals surface area contributed by atoms with Crippen molar-refractivity contribution in [2.75, 3.05) is 6.54 Å². The lowest BCUT2D eigenvalue weighted by molar-refractivity contribution is 0.0697. The van der Waals surface area contributed by atoms with Crippen molar-refractivity contribution in [3.63, 3.8) is 0 Å². The lowest BCUT2D eigenvalue weighted by atomic mass is 10.0. The first kappa shape index (κ1) is 15.6. The third-order valence-electron chi connectivity index (χ3n) is 4.39. The van der Waals surface area contributed by atoms with Crippen molar-refractivity contribution in [1.82, 2.24) is 14.9 Å². The average Bonchev–Trinajstić information content (AvgIpc) is 3.05. The van der Waals surface area contributed by atoms with E-state index in [4.69, 9.17) is 4.98 Å². The fourth-order valence-electron chi connectivity index (χ4n) is 3.29. The number of rotatable bonds is 4. The molecule has 1 aromatic heterocycles. The van der Waals surface area contributed by atoms with Gasteiger partial charge in [-0.3, -0.25) is 9.88 Å². The second-order valence-electron chi connectivity index (χ2n) is 6.17. The SMILES string of the molecule is CC(C)N1CCC[C@@H]1c1cncc(-c2ccccc2C(=O)O)n1. The number of hydrogen-bond donors (Lipinski definition) is 1. The van der Waals surface area contributed by atoms with Crippen LogP contribution in [0.2, 0.25) is 0 Å². The summed E-state index contributed by atoms with van der Waals surface area (Å²) in [4.78, 5) is 22.9. The monoisotopic (exact) mass is 311 g/mol. The summed E-state index contributed by atoms with van der Waals surface area (Å²) in [7, 11) is 0. The van der Waals surface area contributed by atoms with Gasteiger partial charge in [-0.05, 0) is 39.3 Å². The molecule has 2 heterocycles. The highest BCUT2D eigenvalue weighted by Gasteiger charge is 2.29. The van der Waals surface area contributed by atoms with Crippen molar-refractivity contribution in [1.29, 1.82) is 0 Å². The number of carboxylic acids is 1. The molecule has 0 aliphatic carbocycles. The fraction of sp³-hybridized carbons (Fsp3) is 0.389. The lowest BCUT2D eigenvalue weighted by Gasteiger charge is -2.27. The Hall–Kier alpha value is -2.27. The molecule has 1 aromatic carbocycles. The number of likely N-dealkylation sites (tertiary alicyclic amines) is 1. The Morgan fingerprint density at radius 2 is 2.09 bits per heavy atom. The molecular formula is C18H21N3O2. The Morgan fingerprint density at radius 1 is 1.30 bits per heavy atom. The Labute approximate surface area is 136 Å². The largest absolute Gasteiger partial charge is 0.478 e. The molecule has 5 heteroatoms. The highest BCUT2D eigenvalue weighted by atomic mass is 16.4. The third-order valence-corrected chi connectivity index (χ3v) is 4.39. The zero-order valence-corrected chi connectivity index (χ0v) is 13.4. The van der Waals surface area contributed by atoms with Crippen LogP contribution in [0.5, 0.6) is 0 Å². The molecule has 120 valence electrons. The quantitative estimate of drug-likeness (QED) is 0.937. The van der Waals surface area contributed by atoms with Crippen LogP contribution in [0.15, 0.2) is 36.7 Å². The van der Waals surface area contributed by atoms with E-state index in [9.17, 15) is 9.90 Å². The maximum absolute atomic E-state index is 11.4. The smallest absolute Gasteiger partial charge is 0.336 e. The summed E-state index contributed by atoms with van der Waals surface area (Å²) in [6.07, 6.45) is 5.66. The van der Waals surface area contributed by atoms with E-state index in [0.29, 0.717) is 17.3 Å². The molecule has 0 radical (unpaired) electrons. The van der Waals surface area contributed by atoms with E-state index in [2.05, 4.69) is 23.7 Å². The molecule has 5 nitrogen and oxygen atoms in total. The van der Waals surface area contributed by atoms with Gasteiger partial charge in [-0.1, -0.05) is 18.2 Å². The van der Waals surface area contributed by atoms with Gasteiger partial charge in [0.1, 0.15) is 0 Å². The van der Waals surface area contributed by atoms with E-state index in [0.717, 1.165) is 25.1 Å². The summed E-state index contributed by atoms with van der Waals surface area (Å²) < 4.78 is 0. The van der Waals surface area contributed by atoms with Gasteiger partial charge in [0.25, 0.3) is 0 Å². The first-order valence-electron chi connectivity index (χ1n) is 7.98. The summed E-state index contributed by atoms with van der Waals surface area (Å²) in [5.74, 6) is -0.947. The number of aromatic nitrogens is 2. The van der Waals surface area contributed by atoms with Gasteiger partial charge in [0.15, 0.2) is 0 Å². The molecule has 1 fully saturated rings. The fourth-order valence-corrected chi connectivity index (χ4v) is 3.29. The van der Waals surface area contributed by atoms with Crippen LogP contribution < -0.4 is 0 Å². The van der Waals surface area contributed by atoms with Crippen LogP contribution in [0, 0.1) is 0 Å². The molecule has 0 unspecified atom stereocenters. The van der Waals surface area contributed by atoms with Crippen molar-refractivity contribution in [2.24, 2.45) is 0 Å². The summed E-state index contributed by atoms with van der Waals surface area (Å²) >= 11 is 0. The predicted octanol–water partition coefficient (Wildman–Crippen LogP) is 3.39. The molecule has 0 spiro atoms. The first-order chi connectivity index (χ1) is 11.1. The van der Waals surface area contributed by atoms with Crippen LogP contribution in [0.3, 0.4) is 0 Å². The Balaban J connectivity index is 2.00. The van der Waals surface area contributed by atoms with Crippen LogP contribution in [0.25, 0.3) is 11.3 Å². The van der Waals surface area contributed by atoms with Gasteiger partial charge < -0.3 is 5.11 Å². The number of hydrogen-bond acceptors (Lipinski definition) is 4. The van der Waals surface area contributed by atoms with E-state index >= 15 is 0 Å². The maximum Gasteiger partial charge on any atom is 0.336 e. The predicted molar refractivity (Wildman–Crippen MR) is 88.2 cm³/mol. The van der Waals surface area contributed by atoms with Crippen molar-refractivity contribution in [3.05, 3.63) is 47.9 Å². The highest BCUT2D eigenvalue weighted by molar-refractivity contribution is 5.95. The second kappa shape index (κ2) is 6.46. The molecule has 1 saturated heterocycles. The van der Waals surface area contributed by atoms with Gasteiger partial charge in [-0.2, -0.15) is 0 Å². The van der Waals surface area contributed by atoms with E-state index in [1.165, 1.54) is 0 Å². The number of carboxylic acid groups (broad SMARTS) is 1. The van der Waals surface area contributed by atoms with Gasteiger partial charge in [0.2, 0.25) is 0 Å². The molecule has 1 aliphatic heterocycles. The minimum absolute atomic E-state index is 0.256. The Bertz CT molecular complexity index is 715. The van der Waals surface area contributed by atoms with E-state index in [1.54, 1.807) is 30.6 Å². The number of nitrogens with zero attached hydrogens (tertiary/aromatic N) is 3. The molecule has 1 aliphatic rings. The standard InChI is InChI=1S/C18H21N3O2/c1-12(2)21-9-5-8-17(21)16-11-19-10-15(20-16)13-6-3-4-7-14(13)18(22)23/h3-4,6-7,10-12,17H,5,8-9H2,1-2H3,(H,22,23)/t17-/m1/s1. The van der Waals surface area contributed by atoms with Gasteiger partial charge in [-0.15, -0.1) is 0 Å². The topological polar surface area (TPSA) is 66.3 Å². The normalized spacial score (nSPS) is 18.5. The van der Waals surface area contributed by atoms with Crippen molar-refractivity contribution >= 4 is 5.97 Å². The van der Waals surface area contributed by atoms with E-state index in [1.807, 2.05) is 6.07 Å². The van der Waals surface area contributed by atoms with Crippen LogP contribution in [0.1, 0.15) is 48.8 Å². The third kappa shape index (κ3) is 3.10. The molecule has 2 aromatic rings.